The van der Waals surface area contributed by atoms with Gasteiger partial charge in [0.05, 0.1) is 12.0 Å². The van der Waals surface area contributed by atoms with Gasteiger partial charge in [0.25, 0.3) is 5.91 Å². The minimum atomic E-state index is -0.522. The molecule has 0 unspecified atom stereocenters. The number of carbonyl (C=O) groups excluding carboxylic acids is 1. The molecule has 2 heterocycles. The molecule has 0 saturated carbocycles. The molecule has 0 N–H and O–H groups in total. The van der Waals surface area contributed by atoms with Crippen molar-refractivity contribution in [1.82, 2.24) is 9.88 Å². The van der Waals surface area contributed by atoms with Crippen LogP contribution < -0.4 is 14.4 Å². The predicted octanol–water partition coefficient (Wildman–Crippen LogP) is 3.19. The Kier molecular flexibility index (Phi) is 6.07. The molecular weight excluding hydrogens is 412 g/mol. The zero-order chi connectivity index (χ0) is 22.7. The molecule has 166 valence electrons. The number of nitro benzene ring substituents is 1. The van der Waals surface area contributed by atoms with Crippen molar-refractivity contribution in [1.29, 1.82) is 0 Å². The van der Waals surface area contributed by atoms with Crippen LogP contribution in [0.4, 0.5) is 11.5 Å². The predicted molar refractivity (Wildman–Crippen MR) is 120 cm³/mol. The highest BCUT2D eigenvalue weighted by atomic mass is 16.6. The van der Waals surface area contributed by atoms with Gasteiger partial charge in [-0.1, -0.05) is 24.3 Å². The smallest absolute Gasteiger partial charge is 0.310 e. The molecule has 1 saturated heterocycles. The second kappa shape index (κ2) is 9.09. The fourth-order valence-corrected chi connectivity index (χ4v) is 3.85. The number of hydrogen-bond donors (Lipinski definition) is 0. The van der Waals surface area contributed by atoms with Gasteiger partial charge < -0.3 is 19.3 Å². The first-order valence-corrected chi connectivity index (χ1v) is 10.3. The zero-order valence-electron chi connectivity index (χ0n) is 18.0. The Hall–Kier alpha value is -3.88. The lowest BCUT2D eigenvalue weighted by Crippen LogP contribution is -2.50. The van der Waals surface area contributed by atoms with Gasteiger partial charge in [-0.25, -0.2) is 4.98 Å². The van der Waals surface area contributed by atoms with Crippen molar-refractivity contribution in [2.75, 3.05) is 44.8 Å². The number of para-hydroxylation sites is 3. The third kappa shape index (κ3) is 4.27. The normalized spacial score (nSPS) is 13.8. The molecule has 0 aliphatic carbocycles. The lowest BCUT2D eigenvalue weighted by molar-refractivity contribution is -0.385. The summed E-state index contributed by atoms with van der Waals surface area (Å²) < 4.78 is 10.9. The Labute approximate surface area is 185 Å². The maximum atomic E-state index is 12.6. The van der Waals surface area contributed by atoms with E-state index in [-0.39, 0.29) is 24.0 Å². The molecule has 4 rings (SSSR count). The number of piperazine rings is 1. The van der Waals surface area contributed by atoms with Crippen LogP contribution >= 0.6 is 0 Å². The molecule has 1 aliphatic heterocycles. The Balaban J connectivity index is 1.40. The summed E-state index contributed by atoms with van der Waals surface area (Å²) in [5.41, 5.74) is 1.78. The van der Waals surface area contributed by atoms with Crippen LogP contribution in [0, 0.1) is 17.0 Å². The molecule has 32 heavy (non-hydrogen) atoms. The average Bonchev–Trinajstić information content (AvgIpc) is 2.82. The fraction of sp³-hybridized carbons (Fsp3) is 0.304. The number of methoxy groups -OCH3 is 1. The van der Waals surface area contributed by atoms with Gasteiger partial charge in [-0.2, -0.15) is 0 Å². The van der Waals surface area contributed by atoms with Crippen molar-refractivity contribution in [3.05, 3.63) is 64.2 Å². The van der Waals surface area contributed by atoms with Crippen LogP contribution in [0.15, 0.2) is 48.5 Å². The van der Waals surface area contributed by atoms with Crippen LogP contribution in [-0.4, -0.2) is 60.6 Å². The molecule has 0 spiro atoms. The summed E-state index contributed by atoms with van der Waals surface area (Å²) in [5.74, 6) is 1.47. The second-order valence-corrected chi connectivity index (χ2v) is 7.54. The van der Waals surface area contributed by atoms with E-state index in [9.17, 15) is 14.9 Å². The standard InChI is InChI=1S/C23H24N4O5/c1-16-14-21(24-23-17(16)6-5-9-20(23)31-2)25-10-12-26(13-11-25)22(28)15-32-19-8-4-3-7-18(19)27(29)30/h3-9,14H,10-13,15H2,1-2H3. The molecule has 1 amide bonds. The van der Waals surface area contributed by atoms with Crippen LogP contribution in [-0.2, 0) is 4.79 Å². The van der Waals surface area contributed by atoms with Crippen LogP contribution in [0.5, 0.6) is 11.5 Å². The first-order valence-electron chi connectivity index (χ1n) is 10.3. The number of anilines is 1. The van der Waals surface area contributed by atoms with Gasteiger partial charge in [-0.15, -0.1) is 0 Å². The Morgan fingerprint density at radius 3 is 2.53 bits per heavy atom. The quantitative estimate of drug-likeness (QED) is 0.432. The first-order chi connectivity index (χ1) is 15.5. The number of carbonyl (C=O) groups is 1. The topological polar surface area (TPSA) is 98.0 Å². The van der Waals surface area contributed by atoms with E-state index in [0.717, 1.165) is 28.0 Å². The van der Waals surface area contributed by atoms with E-state index >= 15 is 0 Å². The lowest BCUT2D eigenvalue weighted by Gasteiger charge is -2.35. The molecule has 1 aliphatic rings. The highest BCUT2D eigenvalue weighted by molar-refractivity contribution is 5.89. The van der Waals surface area contributed by atoms with E-state index in [4.69, 9.17) is 14.5 Å². The third-order valence-electron chi connectivity index (χ3n) is 5.59. The van der Waals surface area contributed by atoms with E-state index in [2.05, 4.69) is 11.0 Å². The number of pyridine rings is 1. The molecule has 9 heteroatoms. The lowest BCUT2D eigenvalue weighted by atomic mass is 10.1. The maximum Gasteiger partial charge on any atom is 0.310 e. The van der Waals surface area contributed by atoms with Gasteiger partial charge in [0.2, 0.25) is 0 Å². The van der Waals surface area contributed by atoms with E-state index in [1.165, 1.54) is 12.1 Å². The van der Waals surface area contributed by atoms with Gasteiger partial charge in [0, 0.05) is 37.6 Å². The van der Waals surface area contributed by atoms with Crippen LogP contribution in [0.3, 0.4) is 0 Å². The Morgan fingerprint density at radius 1 is 1.09 bits per heavy atom. The van der Waals surface area contributed by atoms with E-state index in [0.29, 0.717) is 26.2 Å². The molecule has 0 atom stereocenters. The van der Waals surface area contributed by atoms with E-state index < -0.39 is 4.92 Å². The number of nitrogens with zero attached hydrogens (tertiary/aromatic N) is 4. The fourth-order valence-electron chi connectivity index (χ4n) is 3.85. The molecule has 0 radical (unpaired) electrons. The molecule has 2 aromatic carbocycles. The van der Waals surface area contributed by atoms with Gasteiger partial charge in [-0.05, 0) is 30.7 Å². The van der Waals surface area contributed by atoms with Crippen molar-refractivity contribution in [3.63, 3.8) is 0 Å². The van der Waals surface area contributed by atoms with Crippen molar-refractivity contribution in [2.45, 2.75) is 6.92 Å². The Morgan fingerprint density at radius 2 is 1.81 bits per heavy atom. The summed E-state index contributed by atoms with van der Waals surface area (Å²) >= 11 is 0. The van der Waals surface area contributed by atoms with Gasteiger partial charge in [-0.3, -0.25) is 14.9 Å². The van der Waals surface area contributed by atoms with E-state index in [1.807, 2.05) is 25.1 Å². The summed E-state index contributed by atoms with van der Waals surface area (Å²) in [6, 6.07) is 14.0. The van der Waals surface area contributed by atoms with Crippen molar-refractivity contribution >= 4 is 28.3 Å². The summed E-state index contributed by atoms with van der Waals surface area (Å²) in [6.45, 7) is 4.10. The second-order valence-electron chi connectivity index (χ2n) is 7.54. The minimum Gasteiger partial charge on any atom is -0.494 e. The number of benzene rings is 2. The summed E-state index contributed by atoms with van der Waals surface area (Å²) in [7, 11) is 1.63. The van der Waals surface area contributed by atoms with Gasteiger partial charge >= 0.3 is 5.69 Å². The number of amides is 1. The maximum absolute atomic E-state index is 12.6. The SMILES string of the molecule is COc1cccc2c(C)cc(N3CCN(C(=O)COc4ccccc4[N+](=O)[O-])CC3)nc12. The van der Waals surface area contributed by atoms with Gasteiger partial charge in [0.1, 0.15) is 17.1 Å². The summed E-state index contributed by atoms with van der Waals surface area (Å²) in [6.07, 6.45) is 0. The molecule has 3 aromatic rings. The molecule has 9 nitrogen and oxygen atoms in total. The van der Waals surface area contributed by atoms with Crippen LogP contribution in [0.1, 0.15) is 5.56 Å². The number of ether oxygens (including phenoxy) is 2. The van der Waals surface area contributed by atoms with Crippen molar-refractivity contribution < 1.29 is 19.2 Å². The average molecular weight is 436 g/mol. The largest absolute Gasteiger partial charge is 0.494 e. The highest BCUT2D eigenvalue weighted by Gasteiger charge is 2.24. The van der Waals surface area contributed by atoms with Crippen LogP contribution in [0.2, 0.25) is 0 Å². The zero-order valence-corrected chi connectivity index (χ0v) is 18.0. The van der Waals surface area contributed by atoms with Crippen molar-refractivity contribution in [3.8, 4) is 11.5 Å². The summed E-state index contributed by atoms with van der Waals surface area (Å²) in [5, 5.41) is 12.1. The monoisotopic (exact) mass is 436 g/mol. The minimum absolute atomic E-state index is 0.0919. The number of hydrogen-bond acceptors (Lipinski definition) is 7. The first kappa shape index (κ1) is 21.4. The van der Waals surface area contributed by atoms with Gasteiger partial charge in [0.15, 0.2) is 12.4 Å². The summed E-state index contributed by atoms with van der Waals surface area (Å²) in [4.78, 5) is 31.8. The number of aromatic nitrogens is 1. The molecule has 0 bridgehead atoms. The molecule has 1 aromatic heterocycles. The Bertz CT molecular complexity index is 1160. The highest BCUT2D eigenvalue weighted by Crippen LogP contribution is 2.30. The molecular formula is C23H24N4O5. The number of nitro groups is 1. The number of aryl methyl sites for hydroxylation is 1. The number of fused-ring (bicyclic) bond motifs is 1. The third-order valence-corrected chi connectivity index (χ3v) is 5.59. The van der Waals surface area contributed by atoms with E-state index in [1.54, 1.807) is 24.1 Å². The number of rotatable bonds is 6. The van der Waals surface area contributed by atoms with Crippen LogP contribution in [0.25, 0.3) is 10.9 Å². The molecule has 1 fully saturated rings. The van der Waals surface area contributed by atoms with Crippen molar-refractivity contribution in [2.24, 2.45) is 0 Å².